The van der Waals surface area contributed by atoms with Crippen molar-refractivity contribution in [2.45, 2.75) is 32.0 Å². The first-order chi connectivity index (χ1) is 5.52. The Labute approximate surface area is 70.2 Å². The fraction of sp³-hybridized carbons (Fsp3) is 0.750. The van der Waals surface area contributed by atoms with E-state index in [1.165, 1.54) is 6.08 Å². The van der Waals surface area contributed by atoms with Gasteiger partial charge >= 0.3 is 6.18 Å². The van der Waals surface area contributed by atoms with Gasteiger partial charge in [-0.3, -0.25) is 0 Å². The quantitative estimate of drug-likeness (QED) is 0.607. The van der Waals surface area contributed by atoms with Crippen molar-refractivity contribution in [3.05, 3.63) is 12.2 Å². The van der Waals surface area contributed by atoms with E-state index in [0.717, 1.165) is 13.5 Å². The zero-order valence-electron chi connectivity index (χ0n) is 7.19. The number of hydrogen-bond donors (Lipinski definition) is 0. The van der Waals surface area contributed by atoms with E-state index in [0.29, 0.717) is 0 Å². The van der Waals surface area contributed by atoms with Crippen LogP contribution in [0.15, 0.2) is 12.2 Å². The van der Waals surface area contributed by atoms with Gasteiger partial charge in [-0.1, -0.05) is 19.1 Å². The summed E-state index contributed by atoms with van der Waals surface area (Å²) in [6.07, 6.45) is -2.10. The smallest absolute Gasteiger partial charge is 0.372 e. The van der Waals surface area contributed by atoms with Gasteiger partial charge in [0.25, 0.3) is 0 Å². The van der Waals surface area contributed by atoms with Crippen LogP contribution in [0.2, 0.25) is 0 Å². The van der Waals surface area contributed by atoms with Crippen molar-refractivity contribution in [2.75, 3.05) is 7.11 Å². The van der Waals surface area contributed by atoms with Crippen LogP contribution in [0.3, 0.4) is 0 Å². The number of halogens is 3. The maximum Gasteiger partial charge on any atom is 0.414 e. The summed E-state index contributed by atoms with van der Waals surface area (Å²) < 4.78 is 40.3. The summed E-state index contributed by atoms with van der Waals surface area (Å²) in [5.41, 5.74) is 0. The molecule has 0 fully saturated rings. The Morgan fingerprint density at radius 2 is 1.92 bits per heavy atom. The zero-order valence-corrected chi connectivity index (χ0v) is 7.19. The third-order valence-corrected chi connectivity index (χ3v) is 1.40. The molecule has 0 aromatic heterocycles. The summed E-state index contributed by atoms with van der Waals surface area (Å²) in [4.78, 5) is 0. The molecule has 0 aliphatic rings. The Balaban J connectivity index is 3.92. The molecule has 0 N–H and O–H groups in total. The van der Waals surface area contributed by atoms with Crippen molar-refractivity contribution >= 4 is 0 Å². The molecule has 0 bridgehead atoms. The lowest BCUT2D eigenvalue weighted by molar-refractivity contribution is -0.211. The molecule has 4 heteroatoms. The van der Waals surface area contributed by atoms with E-state index >= 15 is 0 Å². The summed E-state index contributed by atoms with van der Waals surface area (Å²) in [5, 5.41) is 0. The Morgan fingerprint density at radius 1 is 1.33 bits per heavy atom. The minimum absolute atomic E-state index is 0.103. The van der Waals surface area contributed by atoms with Gasteiger partial charge in [-0.05, 0) is 6.42 Å². The maximum atomic E-state index is 12.0. The molecule has 72 valence electrons. The number of allylic oxidation sites excluding steroid dienone is 1. The van der Waals surface area contributed by atoms with Gasteiger partial charge in [0.2, 0.25) is 0 Å². The molecule has 1 nitrogen and oxygen atoms in total. The third kappa shape index (κ3) is 4.38. The molecule has 0 aliphatic carbocycles. The van der Waals surface area contributed by atoms with Crippen LogP contribution in [-0.2, 0) is 4.74 Å². The summed E-state index contributed by atoms with van der Waals surface area (Å²) in [7, 11) is 1.07. The van der Waals surface area contributed by atoms with E-state index < -0.39 is 12.3 Å². The predicted molar refractivity (Wildman–Crippen MR) is 40.9 cm³/mol. The first kappa shape index (κ1) is 11.5. The fourth-order valence-corrected chi connectivity index (χ4v) is 0.750. The third-order valence-electron chi connectivity index (χ3n) is 1.40. The predicted octanol–water partition coefficient (Wildman–Crippen LogP) is 2.92. The second kappa shape index (κ2) is 5.19. The van der Waals surface area contributed by atoms with Gasteiger partial charge < -0.3 is 4.74 Å². The lowest BCUT2D eigenvalue weighted by Gasteiger charge is -2.16. The SMILES string of the molecule is CC/C=C\CC(OC)C(F)(F)F. The molecule has 0 spiro atoms. The van der Waals surface area contributed by atoms with E-state index in [1.807, 2.05) is 6.92 Å². The van der Waals surface area contributed by atoms with Gasteiger partial charge in [-0.15, -0.1) is 0 Å². The molecule has 0 amide bonds. The van der Waals surface area contributed by atoms with E-state index in [-0.39, 0.29) is 6.42 Å². The van der Waals surface area contributed by atoms with Crippen LogP contribution in [-0.4, -0.2) is 19.4 Å². The van der Waals surface area contributed by atoms with E-state index in [1.54, 1.807) is 6.08 Å². The average molecular weight is 182 g/mol. The molecule has 0 heterocycles. The summed E-state index contributed by atoms with van der Waals surface area (Å²) in [6.45, 7) is 1.87. The Hall–Kier alpha value is -0.510. The van der Waals surface area contributed by atoms with Crippen LogP contribution in [0.25, 0.3) is 0 Å². The molecular weight excluding hydrogens is 169 g/mol. The van der Waals surface area contributed by atoms with Crippen molar-refractivity contribution in [1.29, 1.82) is 0 Å². The molecule has 1 unspecified atom stereocenters. The van der Waals surface area contributed by atoms with Gasteiger partial charge in [0, 0.05) is 13.5 Å². The fourth-order valence-electron chi connectivity index (χ4n) is 0.750. The first-order valence-electron chi connectivity index (χ1n) is 3.76. The van der Waals surface area contributed by atoms with Gasteiger partial charge in [-0.25, -0.2) is 0 Å². The standard InChI is InChI=1S/C8H13F3O/c1-3-4-5-6-7(12-2)8(9,10)11/h4-5,7H,3,6H2,1-2H3/b5-4-. The lowest BCUT2D eigenvalue weighted by atomic mass is 10.2. The number of ether oxygens (including phenoxy) is 1. The van der Waals surface area contributed by atoms with Crippen LogP contribution in [0.4, 0.5) is 13.2 Å². The van der Waals surface area contributed by atoms with Gasteiger partial charge in [0.15, 0.2) is 6.10 Å². The molecule has 1 atom stereocenters. The molecule has 0 saturated heterocycles. The molecular formula is C8H13F3O. The van der Waals surface area contributed by atoms with E-state index in [4.69, 9.17) is 0 Å². The molecule has 0 aromatic rings. The highest BCUT2D eigenvalue weighted by Gasteiger charge is 2.38. The normalized spacial score (nSPS) is 15.4. The van der Waals surface area contributed by atoms with Crippen molar-refractivity contribution in [3.8, 4) is 0 Å². The second-order valence-electron chi connectivity index (χ2n) is 2.38. The lowest BCUT2D eigenvalue weighted by Crippen LogP contribution is -2.29. The van der Waals surface area contributed by atoms with Gasteiger partial charge in [0.05, 0.1) is 0 Å². The van der Waals surface area contributed by atoms with Crippen molar-refractivity contribution in [2.24, 2.45) is 0 Å². The van der Waals surface area contributed by atoms with Crippen molar-refractivity contribution in [3.63, 3.8) is 0 Å². The molecule has 0 rings (SSSR count). The zero-order chi connectivity index (χ0) is 9.61. The van der Waals surface area contributed by atoms with Crippen LogP contribution in [0, 0.1) is 0 Å². The summed E-state index contributed by atoms with van der Waals surface area (Å²) in [6, 6.07) is 0. The summed E-state index contributed by atoms with van der Waals surface area (Å²) >= 11 is 0. The van der Waals surface area contributed by atoms with Gasteiger partial charge in [-0.2, -0.15) is 13.2 Å². The number of hydrogen-bond acceptors (Lipinski definition) is 1. The second-order valence-corrected chi connectivity index (χ2v) is 2.38. The van der Waals surface area contributed by atoms with Gasteiger partial charge in [0.1, 0.15) is 0 Å². The van der Waals surface area contributed by atoms with Crippen LogP contribution in [0.5, 0.6) is 0 Å². The number of alkyl halides is 3. The van der Waals surface area contributed by atoms with Crippen LogP contribution < -0.4 is 0 Å². The minimum Gasteiger partial charge on any atom is -0.372 e. The minimum atomic E-state index is -4.26. The largest absolute Gasteiger partial charge is 0.414 e. The van der Waals surface area contributed by atoms with Crippen molar-refractivity contribution < 1.29 is 17.9 Å². The monoisotopic (exact) mass is 182 g/mol. The Kier molecular flexibility index (Phi) is 4.97. The van der Waals surface area contributed by atoms with E-state index in [9.17, 15) is 13.2 Å². The van der Waals surface area contributed by atoms with Crippen LogP contribution >= 0.6 is 0 Å². The molecule has 0 radical (unpaired) electrons. The van der Waals surface area contributed by atoms with Crippen LogP contribution in [0.1, 0.15) is 19.8 Å². The number of rotatable bonds is 4. The summed E-state index contributed by atoms with van der Waals surface area (Å²) in [5.74, 6) is 0. The molecule has 0 aromatic carbocycles. The highest BCUT2D eigenvalue weighted by Crippen LogP contribution is 2.24. The Morgan fingerprint density at radius 3 is 2.25 bits per heavy atom. The maximum absolute atomic E-state index is 12.0. The molecule has 0 aliphatic heterocycles. The molecule has 12 heavy (non-hydrogen) atoms. The van der Waals surface area contributed by atoms with E-state index in [2.05, 4.69) is 4.74 Å². The highest BCUT2D eigenvalue weighted by molar-refractivity contribution is 4.85. The molecule has 0 saturated carbocycles. The highest BCUT2D eigenvalue weighted by atomic mass is 19.4. The number of methoxy groups -OCH3 is 1. The topological polar surface area (TPSA) is 9.23 Å². The Bertz CT molecular complexity index is 140. The van der Waals surface area contributed by atoms with Crippen molar-refractivity contribution in [1.82, 2.24) is 0 Å². The first-order valence-corrected chi connectivity index (χ1v) is 3.76. The average Bonchev–Trinajstić information content (AvgIpc) is 1.95.